The molecule has 18 heavy (non-hydrogen) atoms. The molecule has 1 aliphatic rings. The number of ether oxygens (including phenoxy) is 1. The summed E-state index contributed by atoms with van der Waals surface area (Å²) < 4.78 is 5.15. The van der Waals surface area contributed by atoms with E-state index in [2.05, 4.69) is 5.32 Å². The third-order valence-corrected chi connectivity index (χ3v) is 3.34. The van der Waals surface area contributed by atoms with Gasteiger partial charge in [0, 0.05) is 13.1 Å². The summed E-state index contributed by atoms with van der Waals surface area (Å²) in [4.78, 5) is 13.9. The van der Waals surface area contributed by atoms with Crippen LogP contribution in [0.4, 0.5) is 4.79 Å². The molecular weight excluding hydrogens is 228 g/mol. The van der Waals surface area contributed by atoms with Gasteiger partial charge >= 0.3 is 6.03 Å². The van der Waals surface area contributed by atoms with Gasteiger partial charge in [0.2, 0.25) is 0 Å². The van der Waals surface area contributed by atoms with Crippen molar-refractivity contribution in [2.75, 3.05) is 20.2 Å². The predicted molar refractivity (Wildman–Crippen MR) is 70.7 cm³/mol. The Balaban J connectivity index is 2.12. The zero-order valence-corrected chi connectivity index (χ0v) is 11.0. The van der Waals surface area contributed by atoms with Gasteiger partial charge < -0.3 is 15.0 Å². The molecule has 1 atom stereocenters. The smallest absolute Gasteiger partial charge is 0.317 e. The van der Waals surface area contributed by atoms with Gasteiger partial charge in [-0.3, -0.25) is 0 Å². The van der Waals surface area contributed by atoms with Gasteiger partial charge in [-0.15, -0.1) is 0 Å². The number of hydrogen-bond acceptors (Lipinski definition) is 2. The maximum atomic E-state index is 11.9. The lowest BCUT2D eigenvalue weighted by molar-refractivity contribution is 0.193. The van der Waals surface area contributed by atoms with Crippen LogP contribution in [-0.2, 0) is 0 Å². The molecule has 0 bridgehead atoms. The van der Waals surface area contributed by atoms with Crippen LogP contribution >= 0.6 is 0 Å². The number of likely N-dealkylation sites (tertiary alicyclic amines) is 1. The highest BCUT2D eigenvalue weighted by Crippen LogP contribution is 2.32. The van der Waals surface area contributed by atoms with Crippen LogP contribution in [0.5, 0.6) is 5.75 Å². The number of nitrogens with one attached hydrogen (secondary N) is 1. The van der Waals surface area contributed by atoms with Gasteiger partial charge in [-0.05, 0) is 37.5 Å². The van der Waals surface area contributed by atoms with E-state index in [0.717, 1.165) is 25.1 Å². The number of carbonyl (C=O) groups is 1. The van der Waals surface area contributed by atoms with Gasteiger partial charge in [-0.25, -0.2) is 4.79 Å². The van der Waals surface area contributed by atoms with Crippen molar-refractivity contribution in [2.45, 2.75) is 25.8 Å². The van der Waals surface area contributed by atoms with Gasteiger partial charge in [0.05, 0.1) is 13.2 Å². The van der Waals surface area contributed by atoms with Crippen molar-refractivity contribution >= 4 is 6.03 Å². The molecule has 2 amide bonds. The molecule has 0 saturated carbocycles. The third-order valence-electron chi connectivity index (χ3n) is 3.34. The van der Waals surface area contributed by atoms with E-state index in [1.165, 1.54) is 5.56 Å². The number of amides is 2. The minimum Gasteiger partial charge on any atom is -0.497 e. The molecule has 1 aromatic rings. The number of rotatable bonds is 3. The van der Waals surface area contributed by atoms with Crippen molar-refractivity contribution in [3.63, 3.8) is 0 Å². The van der Waals surface area contributed by atoms with Gasteiger partial charge in [0.25, 0.3) is 0 Å². The summed E-state index contributed by atoms with van der Waals surface area (Å²) in [5.41, 5.74) is 1.18. The third kappa shape index (κ3) is 2.58. The molecule has 1 saturated heterocycles. The Bertz CT molecular complexity index is 403. The molecule has 1 fully saturated rings. The van der Waals surface area contributed by atoms with E-state index in [-0.39, 0.29) is 12.1 Å². The van der Waals surface area contributed by atoms with Crippen LogP contribution in [0.3, 0.4) is 0 Å². The first-order chi connectivity index (χ1) is 8.76. The fraction of sp³-hybridized carbons (Fsp3) is 0.500. The summed E-state index contributed by atoms with van der Waals surface area (Å²) in [7, 11) is 1.66. The van der Waals surface area contributed by atoms with Crippen molar-refractivity contribution in [3.05, 3.63) is 29.8 Å². The molecule has 0 spiro atoms. The van der Waals surface area contributed by atoms with Crippen molar-refractivity contribution in [1.29, 1.82) is 0 Å². The minimum absolute atomic E-state index is 0.0378. The zero-order chi connectivity index (χ0) is 13.0. The van der Waals surface area contributed by atoms with Crippen LogP contribution in [0.25, 0.3) is 0 Å². The van der Waals surface area contributed by atoms with Gasteiger partial charge in [0.1, 0.15) is 5.75 Å². The number of benzene rings is 1. The molecule has 2 rings (SSSR count). The van der Waals surface area contributed by atoms with Crippen molar-refractivity contribution < 1.29 is 9.53 Å². The van der Waals surface area contributed by atoms with Crippen molar-refractivity contribution in [1.82, 2.24) is 10.2 Å². The Morgan fingerprint density at radius 1 is 1.44 bits per heavy atom. The second-order valence-corrected chi connectivity index (χ2v) is 4.46. The Hall–Kier alpha value is -1.71. The Kier molecular flexibility index (Phi) is 4.07. The maximum absolute atomic E-state index is 11.9. The lowest BCUT2D eigenvalue weighted by Gasteiger charge is -2.25. The normalized spacial score (nSPS) is 18.8. The molecule has 0 radical (unpaired) electrons. The first-order valence-electron chi connectivity index (χ1n) is 6.44. The summed E-state index contributed by atoms with van der Waals surface area (Å²) in [5.74, 6) is 0.848. The van der Waals surface area contributed by atoms with E-state index >= 15 is 0 Å². The Morgan fingerprint density at radius 2 is 2.17 bits per heavy atom. The molecular formula is C14H20N2O2. The lowest BCUT2D eigenvalue weighted by atomic mass is 10.0. The van der Waals surface area contributed by atoms with Crippen molar-refractivity contribution in [3.8, 4) is 5.75 Å². The Labute approximate surface area is 108 Å². The number of urea groups is 1. The summed E-state index contributed by atoms with van der Waals surface area (Å²) in [6.45, 7) is 3.45. The fourth-order valence-corrected chi connectivity index (χ4v) is 2.44. The lowest BCUT2D eigenvalue weighted by Crippen LogP contribution is -2.39. The highest BCUT2D eigenvalue weighted by molar-refractivity contribution is 5.75. The van der Waals surface area contributed by atoms with Crippen molar-refractivity contribution in [2.24, 2.45) is 0 Å². The molecule has 0 aliphatic carbocycles. The molecule has 1 heterocycles. The number of methoxy groups -OCH3 is 1. The highest BCUT2D eigenvalue weighted by Gasteiger charge is 2.29. The van der Waals surface area contributed by atoms with E-state index in [4.69, 9.17) is 4.74 Å². The first-order valence-corrected chi connectivity index (χ1v) is 6.44. The average Bonchev–Trinajstić information content (AvgIpc) is 2.88. The van der Waals surface area contributed by atoms with E-state index in [1.807, 2.05) is 36.1 Å². The maximum Gasteiger partial charge on any atom is 0.317 e. The highest BCUT2D eigenvalue weighted by atomic mass is 16.5. The van der Waals surface area contributed by atoms with E-state index in [0.29, 0.717) is 6.54 Å². The number of hydrogen-bond donors (Lipinski definition) is 1. The SMILES string of the molecule is CCNC(=O)N1CCCC1c1ccc(OC)cc1. The van der Waals surface area contributed by atoms with Crippen LogP contribution in [0.15, 0.2) is 24.3 Å². The average molecular weight is 248 g/mol. The van der Waals surface area contributed by atoms with Crippen LogP contribution in [0.2, 0.25) is 0 Å². The monoisotopic (exact) mass is 248 g/mol. The Morgan fingerprint density at radius 3 is 2.78 bits per heavy atom. The van der Waals surface area contributed by atoms with E-state index in [9.17, 15) is 4.79 Å². The predicted octanol–water partition coefficient (Wildman–Crippen LogP) is 2.56. The number of carbonyl (C=O) groups excluding carboxylic acids is 1. The second-order valence-electron chi connectivity index (χ2n) is 4.46. The molecule has 1 N–H and O–H groups in total. The van der Waals surface area contributed by atoms with Crippen LogP contribution in [0.1, 0.15) is 31.4 Å². The molecule has 4 heteroatoms. The topological polar surface area (TPSA) is 41.6 Å². The second kappa shape index (κ2) is 5.76. The van der Waals surface area contributed by atoms with Crippen LogP contribution in [-0.4, -0.2) is 31.1 Å². The van der Waals surface area contributed by atoms with Gasteiger partial charge in [0.15, 0.2) is 0 Å². The summed E-state index contributed by atoms with van der Waals surface area (Å²) in [5, 5.41) is 2.87. The summed E-state index contributed by atoms with van der Waals surface area (Å²) >= 11 is 0. The van der Waals surface area contributed by atoms with Crippen LogP contribution < -0.4 is 10.1 Å². The molecule has 98 valence electrons. The number of nitrogens with zero attached hydrogens (tertiary/aromatic N) is 1. The van der Waals surface area contributed by atoms with E-state index < -0.39 is 0 Å². The van der Waals surface area contributed by atoms with Crippen LogP contribution in [0, 0.1) is 0 Å². The molecule has 4 nitrogen and oxygen atoms in total. The fourth-order valence-electron chi connectivity index (χ4n) is 2.44. The quantitative estimate of drug-likeness (QED) is 0.893. The molecule has 0 aromatic heterocycles. The summed E-state index contributed by atoms with van der Waals surface area (Å²) in [6.07, 6.45) is 2.09. The zero-order valence-electron chi connectivity index (χ0n) is 11.0. The minimum atomic E-state index is 0.0378. The standard InChI is InChI=1S/C14H20N2O2/c1-3-15-14(17)16-10-4-5-13(16)11-6-8-12(18-2)9-7-11/h6-9,13H,3-5,10H2,1-2H3,(H,15,17). The largest absolute Gasteiger partial charge is 0.497 e. The van der Waals surface area contributed by atoms with Gasteiger partial charge in [-0.1, -0.05) is 12.1 Å². The molecule has 1 aliphatic heterocycles. The van der Waals surface area contributed by atoms with Gasteiger partial charge in [-0.2, -0.15) is 0 Å². The summed E-state index contributed by atoms with van der Waals surface area (Å²) in [6, 6.07) is 8.22. The first kappa shape index (κ1) is 12.7. The van der Waals surface area contributed by atoms with E-state index in [1.54, 1.807) is 7.11 Å². The molecule has 1 unspecified atom stereocenters. The molecule has 1 aromatic carbocycles.